The first-order valence-corrected chi connectivity index (χ1v) is 6.58. The lowest BCUT2D eigenvalue weighted by Gasteiger charge is -2.00. The molecule has 1 heterocycles. The van der Waals surface area contributed by atoms with Crippen molar-refractivity contribution in [3.63, 3.8) is 0 Å². The Morgan fingerprint density at radius 1 is 1.56 bits per heavy atom. The van der Waals surface area contributed by atoms with Crippen LogP contribution in [0, 0.1) is 5.92 Å². The molecule has 0 saturated heterocycles. The summed E-state index contributed by atoms with van der Waals surface area (Å²) < 4.78 is 5.10. The molecular formula is C11H19N3OS. The summed E-state index contributed by atoms with van der Waals surface area (Å²) in [5, 5.41) is 7.04. The Kier molecular flexibility index (Phi) is 6.18. The van der Waals surface area contributed by atoms with E-state index in [0.717, 1.165) is 23.9 Å². The molecule has 0 amide bonds. The van der Waals surface area contributed by atoms with Gasteiger partial charge in [-0.1, -0.05) is 25.1 Å². The number of hydrogen-bond donors (Lipinski definition) is 1. The molecule has 4 nitrogen and oxygen atoms in total. The third kappa shape index (κ3) is 5.32. The number of nitrogens with zero attached hydrogens (tertiary/aromatic N) is 2. The standard InChI is InChI=1S/C11H19N3OS/c1-4-5-12-6-11-13-10(14-15-11)8-16-7-9(2)3/h4,9,12H,1,5-8H2,2-3H3. The Morgan fingerprint density at radius 3 is 3.06 bits per heavy atom. The molecule has 5 heteroatoms. The Morgan fingerprint density at radius 2 is 2.38 bits per heavy atom. The van der Waals surface area contributed by atoms with E-state index in [4.69, 9.17) is 4.52 Å². The monoisotopic (exact) mass is 241 g/mol. The fourth-order valence-corrected chi connectivity index (χ4v) is 1.98. The van der Waals surface area contributed by atoms with Gasteiger partial charge >= 0.3 is 0 Å². The Balaban J connectivity index is 2.25. The average Bonchev–Trinajstić information content (AvgIpc) is 2.66. The molecule has 1 rings (SSSR count). The highest BCUT2D eigenvalue weighted by Gasteiger charge is 2.05. The molecule has 0 spiro atoms. The summed E-state index contributed by atoms with van der Waals surface area (Å²) in [4.78, 5) is 4.28. The number of rotatable bonds is 8. The summed E-state index contributed by atoms with van der Waals surface area (Å²) in [7, 11) is 0. The lowest BCUT2D eigenvalue weighted by Crippen LogP contribution is -2.12. The predicted molar refractivity (Wildman–Crippen MR) is 67.2 cm³/mol. The van der Waals surface area contributed by atoms with Crippen molar-refractivity contribution in [2.24, 2.45) is 5.92 Å². The summed E-state index contributed by atoms with van der Waals surface area (Å²) in [6, 6.07) is 0. The number of nitrogens with one attached hydrogen (secondary N) is 1. The zero-order chi connectivity index (χ0) is 11.8. The van der Waals surface area contributed by atoms with Crippen LogP contribution >= 0.6 is 11.8 Å². The first-order valence-electron chi connectivity index (χ1n) is 5.43. The van der Waals surface area contributed by atoms with Crippen LogP contribution in [-0.2, 0) is 12.3 Å². The van der Waals surface area contributed by atoms with Gasteiger partial charge in [0.15, 0.2) is 5.82 Å². The van der Waals surface area contributed by atoms with Gasteiger partial charge in [0.05, 0.1) is 12.3 Å². The number of hydrogen-bond acceptors (Lipinski definition) is 5. The molecule has 16 heavy (non-hydrogen) atoms. The van der Waals surface area contributed by atoms with Crippen LogP contribution < -0.4 is 5.32 Å². The van der Waals surface area contributed by atoms with Crippen LogP contribution in [-0.4, -0.2) is 22.4 Å². The van der Waals surface area contributed by atoms with Crippen molar-refractivity contribution in [3.8, 4) is 0 Å². The van der Waals surface area contributed by atoms with Crippen LogP contribution in [0.4, 0.5) is 0 Å². The van der Waals surface area contributed by atoms with Gasteiger partial charge in [-0.15, -0.1) is 6.58 Å². The summed E-state index contributed by atoms with van der Waals surface area (Å²) in [6.45, 7) is 9.38. The molecule has 0 aromatic carbocycles. The SMILES string of the molecule is C=CCNCc1nc(CSCC(C)C)no1. The zero-order valence-electron chi connectivity index (χ0n) is 9.90. The Labute approximate surface area is 101 Å². The van der Waals surface area contributed by atoms with Crippen molar-refractivity contribution in [1.82, 2.24) is 15.5 Å². The van der Waals surface area contributed by atoms with Crippen molar-refractivity contribution in [2.75, 3.05) is 12.3 Å². The highest BCUT2D eigenvalue weighted by molar-refractivity contribution is 7.98. The topological polar surface area (TPSA) is 51.0 Å². The van der Waals surface area contributed by atoms with Crippen LogP contribution in [0.3, 0.4) is 0 Å². The minimum Gasteiger partial charge on any atom is -0.338 e. The van der Waals surface area contributed by atoms with Crippen molar-refractivity contribution in [2.45, 2.75) is 26.1 Å². The van der Waals surface area contributed by atoms with Gasteiger partial charge < -0.3 is 9.84 Å². The maximum absolute atomic E-state index is 5.10. The molecule has 0 aliphatic rings. The molecule has 0 aliphatic carbocycles. The summed E-state index contributed by atoms with van der Waals surface area (Å²) >= 11 is 1.83. The van der Waals surface area contributed by atoms with Crippen LogP contribution in [0.2, 0.25) is 0 Å². The molecule has 1 N–H and O–H groups in total. The van der Waals surface area contributed by atoms with Gasteiger partial charge in [-0.05, 0) is 11.7 Å². The molecule has 0 aliphatic heterocycles. The van der Waals surface area contributed by atoms with Gasteiger partial charge in [0, 0.05) is 6.54 Å². The summed E-state index contributed by atoms with van der Waals surface area (Å²) in [5.41, 5.74) is 0. The van der Waals surface area contributed by atoms with E-state index in [-0.39, 0.29) is 0 Å². The van der Waals surface area contributed by atoms with E-state index in [9.17, 15) is 0 Å². The van der Waals surface area contributed by atoms with E-state index in [0.29, 0.717) is 18.4 Å². The molecule has 0 saturated carbocycles. The van der Waals surface area contributed by atoms with Gasteiger partial charge in [0.1, 0.15) is 0 Å². The highest BCUT2D eigenvalue weighted by Crippen LogP contribution is 2.12. The molecule has 0 bridgehead atoms. The minimum absolute atomic E-state index is 0.605. The largest absolute Gasteiger partial charge is 0.338 e. The van der Waals surface area contributed by atoms with E-state index in [1.165, 1.54) is 0 Å². The number of aromatic nitrogens is 2. The third-order valence-corrected chi connectivity index (χ3v) is 3.12. The van der Waals surface area contributed by atoms with E-state index in [1.807, 2.05) is 11.8 Å². The summed E-state index contributed by atoms with van der Waals surface area (Å²) in [5.74, 6) is 4.07. The van der Waals surface area contributed by atoms with Crippen LogP contribution in [0.25, 0.3) is 0 Å². The fraction of sp³-hybridized carbons (Fsp3) is 0.636. The van der Waals surface area contributed by atoms with Gasteiger partial charge in [-0.2, -0.15) is 16.7 Å². The van der Waals surface area contributed by atoms with Crippen molar-refractivity contribution < 1.29 is 4.52 Å². The lowest BCUT2D eigenvalue weighted by atomic mass is 10.3. The molecule has 0 unspecified atom stereocenters. The van der Waals surface area contributed by atoms with E-state index >= 15 is 0 Å². The summed E-state index contributed by atoms with van der Waals surface area (Å²) in [6.07, 6.45) is 1.80. The average molecular weight is 241 g/mol. The highest BCUT2D eigenvalue weighted by atomic mass is 32.2. The van der Waals surface area contributed by atoms with Crippen molar-refractivity contribution in [1.29, 1.82) is 0 Å². The normalized spacial score (nSPS) is 10.9. The molecule has 0 atom stereocenters. The quantitative estimate of drug-likeness (QED) is 0.559. The molecule has 1 aromatic rings. The number of thioether (sulfide) groups is 1. The van der Waals surface area contributed by atoms with E-state index < -0.39 is 0 Å². The van der Waals surface area contributed by atoms with E-state index in [2.05, 4.69) is 35.9 Å². The molecule has 0 radical (unpaired) electrons. The molecular weight excluding hydrogens is 222 g/mol. The maximum Gasteiger partial charge on any atom is 0.240 e. The molecule has 1 aromatic heterocycles. The second-order valence-electron chi connectivity index (χ2n) is 3.93. The molecule has 90 valence electrons. The fourth-order valence-electron chi connectivity index (χ4n) is 1.09. The Hall–Kier alpha value is -0.810. The van der Waals surface area contributed by atoms with Crippen molar-refractivity contribution >= 4 is 11.8 Å². The smallest absolute Gasteiger partial charge is 0.240 e. The van der Waals surface area contributed by atoms with Crippen molar-refractivity contribution in [3.05, 3.63) is 24.4 Å². The second kappa shape index (κ2) is 7.46. The first-order chi connectivity index (χ1) is 7.72. The predicted octanol–water partition coefficient (Wildman–Crippen LogP) is 2.23. The minimum atomic E-state index is 0.605. The van der Waals surface area contributed by atoms with Crippen LogP contribution in [0.1, 0.15) is 25.6 Å². The molecule has 0 fully saturated rings. The van der Waals surface area contributed by atoms with Gasteiger partial charge in [0.2, 0.25) is 5.89 Å². The Bertz CT molecular complexity index is 312. The lowest BCUT2D eigenvalue weighted by molar-refractivity contribution is 0.366. The van der Waals surface area contributed by atoms with Crippen LogP contribution in [0.5, 0.6) is 0 Å². The van der Waals surface area contributed by atoms with Gasteiger partial charge in [0.25, 0.3) is 0 Å². The van der Waals surface area contributed by atoms with Crippen LogP contribution in [0.15, 0.2) is 17.2 Å². The maximum atomic E-state index is 5.10. The van der Waals surface area contributed by atoms with E-state index in [1.54, 1.807) is 6.08 Å². The van der Waals surface area contributed by atoms with Gasteiger partial charge in [-0.25, -0.2) is 0 Å². The zero-order valence-corrected chi connectivity index (χ0v) is 10.7. The third-order valence-electron chi connectivity index (χ3n) is 1.76. The second-order valence-corrected chi connectivity index (χ2v) is 4.96. The van der Waals surface area contributed by atoms with Gasteiger partial charge in [-0.3, -0.25) is 0 Å². The first kappa shape index (κ1) is 13.3.